The van der Waals surface area contributed by atoms with Gasteiger partial charge in [0.25, 0.3) is 15.9 Å². The van der Waals surface area contributed by atoms with Crippen LogP contribution in [0.5, 0.6) is 0 Å². The van der Waals surface area contributed by atoms with Gasteiger partial charge in [-0.25, -0.2) is 13.4 Å². The van der Waals surface area contributed by atoms with Crippen LogP contribution in [0.3, 0.4) is 0 Å². The third kappa shape index (κ3) is 5.18. The molecule has 1 aliphatic rings. The van der Waals surface area contributed by atoms with Gasteiger partial charge in [-0.1, -0.05) is 35.6 Å². The Labute approximate surface area is 232 Å². The number of thiazole rings is 1. The standard InChI is InChI=1S/C28H30N4O3S3/c1-30(2)18-19-31(28-29-26-24(36-3)11-6-12-25(26)37-28)27(33)21-13-15-22(16-14-21)38(34,35)32-17-7-9-20-8-4-5-10-23(20)32/h4-6,8,10-16H,7,9,17-19H2,1-3H3. The first-order valence-corrected chi connectivity index (χ1v) is 15.9. The van der Waals surface area contributed by atoms with Crippen molar-refractivity contribution in [3.05, 3.63) is 77.9 Å². The van der Waals surface area contributed by atoms with Crippen molar-refractivity contribution in [2.45, 2.75) is 22.6 Å². The van der Waals surface area contributed by atoms with E-state index in [-0.39, 0.29) is 10.8 Å². The van der Waals surface area contributed by atoms with Crippen LogP contribution in [0.15, 0.2) is 76.5 Å². The number of fused-ring (bicyclic) bond motifs is 2. The van der Waals surface area contributed by atoms with E-state index in [1.54, 1.807) is 28.8 Å². The first-order chi connectivity index (χ1) is 18.3. The fourth-order valence-electron chi connectivity index (χ4n) is 4.58. The number of sulfonamides is 1. The summed E-state index contributed by atoms with van der Waals surface area (Å²) >= 11 is 3.12. The quantitative estimate of drug-likeness (QED) is 0.267. The molecule has 0 spiro atoms. The minimum Gasteiger partial charge on any atom is -0.308 e. The number of benzene rings is 3. The summed E-state index contributed by atoms with van der Waals surface area (Å²) in [5.74, 6) is -0.205. The molecule has 2 heterocycles. The number of aryl methyl sites for hydroxylation is 1. The molecule has 38 heavy (non-hydrogen) atoms. The van der Waals surface area contributed by atoms with Gasteiger partial charge in [-0.15, -0.1) is 11.8 Å². The van der Waals surface area contributed by atoms with Crippen molar-refractivity contribution in [3.63, 3.8) is 0 Å². The van der Waals surface area contributed by atoms with Gasteiger partial charge in [0, 0.05) is 30.1 Å². The van der Waals surface area contributed by atoms with Crippen LogP contribution in [-0.2, 0) is 16.4 Å². The lowest BCUT2D eigenvalue weighted by Gasteiger charge is -2.30. The molecule has 0 saturated heterocycles. The van der Waals surface area contributed by atoms with Crippen LogP contribution in [0.2, 0.25) is 0 Å². The van der Waals surface area contributed by atoms with Gasteiger partial charge in [0.2, 0.25) is 0 Å². The summed E-state index contributed by atoms with van der Waals surface area (Å²) < 4.78 is 29.6. The second-order valence-electron chi connectivity index (χ2n) is 9.40. The molecule has 0 unspecified atom stereocenters. The first-order valence-electron chi connectivity index (χ1n) is 12.4. The van der Waals surface area contributed by atoms with Gasteiger partial charge in [-0.2, -0.15) is 0 Å². The summed E-state index contributed by atoms with van der Waals surface area (Å²) in [6.45, 7) is 1.57. The number of para-hydroxylation sites is 2. The van der Waals surface area contributed by atoms with Crippen molar-refractivity contribution in [3.8, 4) is 0 Å². The van der Waals surface area contributed by atoms with Gasteiger partial charge in [0.15, 0.2) is 5.13 Å². The minimum absolute atomic E-state index is 0.176. The number of thioether (sulfide) groups is 1. The Kier molecular flexibility index (Phi) is 7.76. The second-order valence-corrected chi connectivity index (χ2v) is 13.1. The Morgan fingerprint density at radius 1 is 1.03 bits per heavy atom. The summed E-state index contributed by atoms with van der Waals surface area (Å²) in [6.07, 6.45) is 3.65. The fourth-order valence-corrected chi connectivity index (χ4v) is 7.76. The molecule has 0 atom stereocenters. The molecule has 0 saturated carbocycles. The number of amides is 1. The minimum atomic E-state index is -3.75. The maximum atomic E-state index is 13.7. The average molecular weight is 567 g/mol. The smallest absolute Gasteiger partial charge is 0.264 e. The maximum absolute atomic E-state index is 13.7. The van der Waals surface area contributed by atoms with Crippen LogP contribution < -0.4 is 9.21 Å². The molecule has 10 heteroatoms. The largest absolute Gasteiger partial charge is 0.308 e. The number of carbonyl (C=O) groups is 1. The molecule has 5 rings (SSSR count). The Morgan fingerprint density at radius 3 is 2.53 bits per heavy atom. The predicted octanol–water partition coefficient (Wildman–Crippen LogP) is 5.37. The van der Waals surface area contributed by atoms with Crippen LogP contribution in [0, 0.1) is 0 Å². The molecule has 3 aromatic carbocycles. The van der Waals surface area contributed by atoms with Crippen LogP contribution in [0.25, 0.3) is 10.2 Å². The molecule has 0 bridgehead atoms. The molecule has 1 aromatic heterocycles. The van der Waals surface area contributed by atoms with Gasteiger partial charge >= 0.3 is 0 Å². The van der Waals surface area contributed by atoms with E-state index in [1.165, 1.54) is 27.8 Å². The van der Waals surface area contributed by atoms with Gasteiger partial charge in [0.1, 0.15) is 0 Å². The lowest BCUT2D eigenvalue weighted by Crippen LogP contribution is -2.37. The highest BCUT2D eigenvalue weighted by Crippen LogP contribution is 2.35. The predicted molar refractivity (Wildman–Crippen MR) is 157 cm³/mol. The molecule has 1 amide bonds. The van der Waals surface area contributed by atoms with Crippen molar-refractivity contribution >= 4 is 60.1 Å². The number of rotatable bonds is 8. The first kappa shape index (κ1) is 26.7. The fraction of sp³-hybridized carbons (Fsp3) is 0.286. The summed E-state index contributed by atoms with van der Waals surface area (Å²) in [4.78, 5) is 23.5. The molecular formula is C28H30N4O3S3. The van der Waals surface area contributed by atoms with E-state index in [0.717, 1.165) is 39.2 Å². The molecular weight excluding hydrogens is 537 g/mol. The summed E-state index contributed by atoms with van der Waals surface area (Å²) in [5.41, 5.74) is 3.08. The average Bonchev–Trinajstić information content (AvgIpc) is 3.36. The van der Waals surface area contributed by atoms with Crippen LogP contribution in [0.1, 0.15) is 22.3 Å². The van der Waals surface area contributed by atoms with E-state index in [1.807, 2.05) is 67.7 Å². The zero-order valence-corrected chi connectivity index (χ0v) is 24.1. The second kappa shape index (κ2) is 11.1. The number of likely N-dealkylation sites (N-methyl/N-ethyl adjacent to an activating group) is 1. The molecule has 7 nitrogen and oxygen atoms in total. The van der Waals surface area contributed by atoms with Crippen molar-refractivity contribution in [1.29, 1.82) is 0 Å². The lowest BCUT2D eigenvalue weighted by molar-refractivity contribution is 0.0985. The van der Waals surface area contributed by atoms with E-state index in [4.69, 9.17) is 4.98 Å². The van der Waals surface area contributed by atoms with E-state index in [9.17, 15) is 13.2 Å². The van der Waals surface area contributed by atoms with Gasteiger partial charge < -0.3 is 4.90 Å². The van der Waals surface area contributed by atoms with Crippen molar-refractivity contribution in [2.24, 2.45) is 0 Å². The van der Waals surface area contributed by atoms with Gasteiger partial charge in [-0.05, 0) is 81.2 Å². The zero-order valence-electron chi connectivity index (χ0n) is 21.6. The highest BCUT2D eigenvalue weighted by atomic mass is 32.2. The number of hydrogen-bond acceptors (Lipinski definition) is 7. The lowest BCUT2D eigenvalue weighted by atomic mass is 10.0. The van der Waals surface area contributed by atoms with Gasteiger partial charge in [-0.3, -0.25) is 14.0 Å². The number of carbonyl (C=O) groups excluding carboxylic acids is 1. The van der Waals surface area contributed by atoms with Crippen LogP contribution in [-0.4, -0.2) is 64.2 Å². The monoisotopic (exact) mass is 566 g/mol. The van der Waals surface area contributed by atoms with Crippen molar-refractivity contribution in [1.82, 2.24) is 9.88 Å². The third-order valence-corrected chi connectivity index (χ3v) is 10.2. The Morgan fingerprint density at radius 2 is 1.79 bits per heavy atom. The van der Waals surface area contributed by atoms with E-state index in [0.29, 0.717) is 30.3 Å². The molecule has 1 aliphatic heterocycles. The molecule has 0 N–H and O–H groups in total. The van der Waals surface area contributed by atoms with E-state index in [2.05, 4.69) is 0 Å². The normalized spacial score (nSPS) is 13.6. The number of anilines is 2. The summed E-state index contributed by atoms with van der Waals surface area (Å²) in [7, 11) is 0.179. The molecule has 0 aliphatic carbocycles. The highest BCUT2D eigenvalue weighted by molar-refractivity contribution is 7.98. The topological polar surface area (TPSA) is 73.8 Å². The molecule has 4 aromatic rings. The Balaban J connectivity index is 1.45. The van der Waals surface area contributed by atoms with E-state index < -0.39 is 10.0 Å². The van der Waals surface area contributed by atoms with Crippen LogP contribution in [0.4, 0.5) is 10.8 Å². The number of hydrogen-bond donors (Lipinski definition) is 0. The van der Waals surface area contributed by atoms with Crippen molar-refractivity contribution < 1.29 is 13.2 Å². The Bertz CT molecular complexity index is 1570. The van der Waals surface area contributed by atoms with E-state index >= 15 is 0 Å². The zero-order chi connectivity index (χ0) is 26.9. The summed E-state index contributed by atoms with van der Waals surface area (Å²) in [5, 5.41) is 0.634. The molecule has 0 fully saturated rings. The highest BCUT2D eigenvalue weighted by Gasteiger charge is 2.29. The number of nitrogens with zero attached hydrogens (tertiary/aromatic N) is 4. The molecule has 198 valence electrons. The molecule has 0 radical (unpaired) electrons. The third-order valence-electron chi connectivity index (χ3n) is 6.59. The van der Waals surface area contributed by atoms with Crippen LogP contribution >= 0.6 is 23.1 Å². The number of aromatic nitrogens is 1. The van der Waals surface area contributed by atoms with Crippen molar-refractivity contribution in [2.75, 3.05) is 49.2 Å². The van der Waals surface area contributed by atoms with Gasteiger partial charge in [0.05, 0.1) is 20.8 Å². The maximum Gasteiger partial charge on any atom is 0.264 e. The SMILES string of the molecule is CSc1cccc2sc(N(CCN(C)C)C(=O)c3ccc(S(=O)(=O)N4CCCc5ccccc54)cc3)nc12. The Hall–Kier alpha value is -2.92. The summed E-state index contributed by atoms with van der Waals surface area (Å²) in [6, 6.07) is 20.0.